The zero-order valence-corrected chi connectivity index (χ0v) is 12.0. The van der Waals surface area contributed by atoms with Crippen LogP contribution in [0.3, 0.4) is 0 Å². The van der Waals surface area contributed by atoms with Crippen molar-refractivity contribution in [2.45, 2.75) is 63.0 Å². The molecule has 0 aromatic rings. The van der Waals surface area contributed by atoms with E-state index in [-0.39, 0.29) is 12.5 Å². The number of β-amino-alcohol motifs (C(OH)–C–C–N with tert-alkyl or cyclic N) is 1. The minimum Gasteiger partial charge on any atom is -0.481 e. The van der Waals surface area contributed by atoms with E-state index in [1.807, 2.05) is 0 Å². The van der Waals surface area contributed by atoms with Gasteiger partial charge in [0.25, 0.3) is 5.91 Å². The molecule has 2 aliphatic rings. The fourth-order valence-corrected chi connectivity index (χ4v) is 3.17. The van der Waals surface area contributed by atoms with E-state index in [1.54, 1.807) is 0 Å². The normalized spacial score (nSPS) is 23.6. The van der Waals surface area contributed by atoms with Crippen molar-refractivity contribution in [1.82, 2.24) is 10.2 Å². The molecule has 2 rings (SSSR count). The number of aliphatic hydroxyl groups is 1. The topological polar surface area (TPSA) is 107 Å². The van der Waals surface area contributed by atoms with Crippen molar-refractivity contribution in [2.75, 3.05) is 6.54 Å². The lowest BCUT2D eigenvalue weighted by molar-refractivity contribution is -0.141. The van der Waals surface area contributed by atoms with E-state index < -0.39 is 30.1 Å². The Morgan fingerprint density at radius 1 is 1.19 bits per heavy atom. The quantitative estimate of drug-likeness (QED) is 0.667. The third-order valence-corrected chi connectivity index (χ3v) is 4.26. The van der Waals surface area contributed by atoms with Crippen LogP contribution in [0.1, 0.15) is 51.4 Å². The van der Waals surface area contributed by atoms with Crippen molar-refractivity contribution in [3.05, 3.63) is 0 Å². The first-order valence-corrected chi connectivity index (χ1v) is 7.48. The molecule has 7 heteroatoms. The number of carboxylic acids is 1. The summed E-state index contributed by atoms with van der Waals surface area (Å²) in [7, 11) is 0. The molecule has 1 atom stereocenters. The first kappa shape index (κ1) is 15.8. The number of imide groups is 1. The van der Waals surface area contributed by atoms with Gasteiger partial charge in [-0.1, -0.05) is 32.1 Å². The van der Waals surface area contributed by atoms with Crippen LogP contribution in [0.25, 0.3) is 0 Å². The Morgan fingerprint density at radius 3 is 2.33 bits per heavy atom. The van der Waals surface area contributed by atoms with Gasteiger partial charge in [-0.25, -0.2) is 4.79 Å². The van der Waals surface area contributed by atoms with Crippen molar-refractivity contribution in [1.29, 1.82) is 0 Å². The van der Waals surface area contributed by atoms with Crippen LogP contribution >= 0.6 is 0 Å². The van der Waals surface area contributed by atoms with E-state index in [9.17, 15) is 19.5 Å². The van der Waals surface area contributed by atoms with Crippen LogP contribution in [0.5, 0.6) is 0 Å². The Morgan fingerprint density at radius 2 is 1.76 bits per heavy atom. The van der Waals surface area contributed by atoms with E-state index >= 15 is 0 Å². The smallest absolute Gasteiger partial charge is 0.325 e. The number of carboxylic acid groups (broad SMARTS) is 1. The van der Waals surface area contributed by atoms with Gasteiger partial charge in [0.15, 0.2) is 0 Å². The molecule has 3 N–H and O–H groups in total. The van der Waals surface area contributed by atoms with Crippen molar-refractivity contribution in [3.8, 4) is 0 Å². The van der Waals surface area contributed by atoms with E-state index in [4.69, 9.17) is 5.11 Å². The van der Waals surface area contributed by atoms with Gasteiger partial charge in [0.05, 0.1) is 19.1 Å². The Balaban J connectivity index is 2.05. The maximum atomic E-state index is 12.6. The lowest BCUT2D eigenvalue weighted by Crippen LogP contribution is -2.47. The Hall–Kier alpha value is -1.63. The number of hydrogen-bond acceptors (Lipinski definition) is 4. The third kappa shape index (κ3) is 3.53. The highest BCUT2D eigenvalue weighted by Crippen LogP contribution is 2.32. The van der Waals surface area contributed by atoms with Crippen LogP contribution in [0.2, 0.25) is 0 Å². The number of carbonyl (C=O) groups is 3. The number of carbonyl (C=O) groups excluding carboxylic acids is 2. The first-order valence-electron chi connectivity index (χ1n) is 7.48. The highest BCUT2D eigenvalue weighted by atomic mass is 16.4. The minimum atomic E-state index is -1.24. The van der Waals surface area contributed by atoms with Gasteiger partial charge in [-0.3, -0.25) is 14.5 Å². The SMILES string of the molecule is O=C(O)CC(O)CN1C(=O)NC2(CCCCCCC2)C1=O. The second kappa shape index (κ2) is 6.43. The second-order valence-electron chi connectivity index (χ2n) is 5.95. The summed E-state index contributed by atoms with van der Waals surface area (Å²) in [6.45, 7) is -0.265. The first-order chi connectivity index (χ1) is 9.94. The van der Waals surface area contributed by atoms with Gasteiger partial charge in [0.1, 0.15) is 5.54 Å². The molecular formula is C14H22N2O5. The molecule has 0 aromatic carbocycles. The van der Waals surface area contributed by atoms with Crippen LogP contribution in [-0.2, 0) is 9.59 Å². The van der Waals surface area contributed by atoms with Crippen LogP contribution in [0.4, 0.5) is 4.79 Å². The maximum Gasteiger partial charge on any atom is 0.325 e. The monoisotopic (exact) mass is 298 g/mol. The largest absolute Gasteiger partial charge is 0.481 e. The Labute approximate surface area is 123 Å². The average molecular weight is 298 g/mol. The molecule has 1 heterocycles. The zero-order valence-electron chi connectivity index (χ0n) is 12.0. The Kier molecular flexibility index (Phi) is 4.82. The van der Waals surface area contributed by atoms with E-state index in [0.717, 1.165) is 37.0 Å². The predicted octanol–water partition coefficient (Wildman–Crippen LogP) is 0.857. The molecule has 1 saturated carbocycles. The summed E-state index contributed by atoms with van der Waals surface area (Å²) < 4.78 is 0. The van der Waals surface area contributed by atoms with Gasteiger partial charge in [0, 0.05) is 0 Å². The molecule has 2 fully saturated rings. The molecule has 0 aromatic heterocycles. The predicted molar refractivity (Wildman–Crippen MR) is 73.6 cm³/mol. The number of nitrogens with zero attached hydrogens (tertiary/aromatic N) is 1. The third-order valence-electron chi connectivity index (χ3n) is 4.26. The van der Waals surface area contributed by atoms with E-state index in [1.165, 1.54) is 0 Å². The van der Waals surface area contributed by atoms with E-state index in [2.05, 4.69) is 5.32 Å². The van der Waals surface area contributed by atoms with Crippen LogP contribution in [0.15, 0.2) is 0 Å². The summed E-state index contributed by atoms with van der Waals surface area (Å²) in [5.74, 6) is -1.48. The molecule has 1 saturated heterocycles. The summed E-state index contributed by atoms with van der Waals surface area (Å²) in [4.78, 5) is 36.1. The number of aliphatic carboxylic acids is 1. The molecule has 1 aliphatic carbocycles. The fourth-order valence-electron chi connectivity index (χ4n) is 3.17. The van der Waals surface area contributed by atoms with E-state index in [0.29, 0.717) is 12.8 Å². The molecule has 118 valence electrons. The Bertz CT molecular complexity index is 429. The number of aliphatic hydroxyl groups excluding tert-OH is 1. The van der Waals surface area contributed by atoms with Gasteiger partial charge in [-0.15, -0.1) is 0 Å². The van der Waals surface area contributed by atoms with Crippen molar-refractivity contribution < 1.29 is 24.6 Å². The lowest BCUT2D eigenvalue weighted by Gasteiger charge is -2.28. The average Bonchev–Trinajstić information content (AvgIpc) is 2.58. The van der Waals surface area contributed by atoms with Crippen molar-refractivity contribution in [2.24, 2.45) is 0 Å². The van der Waals surface area contributed by atoms with Gasteiger partial charge in [-0.2, -0.15) is 0 Å². The molecule has 0 bridgehead atoms. The van der Waals surface area contributed by atoms with Crippen LogP contribution in [-0.4, -0.2) is 51.2 Å². The number of rotatable bonds is 4. The summed E-state index contributed by atoms with van der Waals surface area (Å²) in [6.07, 6.45) is 4.53. The van der Waals surface area contributed by atoms with Gasteiger partial charge < -0.3 is 15.5 Å². The number of urea groups is 1. The zero-order chi connectivity index (χ0) is 15.5. The lowest BCUT2D eigenvalue weighted by atomic mass is 9.84. The molecule has 3 amide bonds. The van der Waals surface area contributed by atoms with Crippen LogP contribution < -0.4 is 5.32 Å². The molecule has 21 heavy (non-hydrogen) atoms. The molecule has 7 nitrogen and oxygen atoms in total. The van der Waals surface area contributed by atoms with Gasteiger partial charge in [0.2, 0.25) is 0 Å². The maximum absolute atomic E-state index is 12.6. The van der Waals surface area contributed by atoms with Gasteiger partial charge in [-0.05, 0) is 12.8 Å². The van der Waals surface area contributed by atoms with Crippen molar-refractivity contribution >= 4 is 17.9 Å². The van der Waals surface area contributed by atoms with Crippen LogP contribution in [0, 0.1) is 0 Å². The molecule has 1 aliphatic heterocycles. The number of nitrogens with one attached hydrogen (secondary N) is 1. The highest BCUT2D eigenvalue weighted by molar-refractivity contribution is 6.07. The number of hydrogen-bond donors (Lipinski definition) is 3. The summed E-state index contributed by atoms with van der Waals surface area (Å²) >= 11 is 0. The summed E-state index contributed by atoms with van der Waals surface area (Å²) in [5, 5.41) is 21.1. The molecule has 1 spiro atoms. The van der Waals surface area contributed by atoms with Crippen molar-refractivity contribution in [3.63, 3.8) is 0 Å². The summed E-state index contributed by atoms with van der Waals surface area (Å²) in [6, 6.07) is -0.523. The number of amides is 3. The second-order valence-corrected chi connectivity index (χ2v) is 5.95. The van der Waals surface area contributed by atoms with Gasteiger partial charge >= 0.3 is 12.0 Å². The minimum absolute atomic E-state index is 0.265. The molecular weight excluding hydrogens is 276 g/mol. The molecule has 0 radical (unpaired) electrons. The standard InChI is InChI=1S/C14H22N2O5/c17-10(8-11(18)19)9-16-12(20)14(15-13(16)21)6-4-2-1-3-5-7-14/h10,17H,1-9H2,(H,15,21)(H,18,19). The fraction of sp³-hybridized carbons (Fsp3) is 0.786. The highest BCUT2D eigenvalue weighted by Gasteiger charge is 2.50. The summed E-state index contributed by atoms with van der Waals surface area (Å²) in [5.41, 5.74) is -0.847. The molecule has 1 unspecified atom stereocenters.